The molecule has 0 atom stereocenters. The van der Waals surface area contributed by atoms with Crippen molar-refractivity contribution in [2.45, 2.75) is 32.4 Å². The van der Waals surface area contributed by atoms with Gasteiger partial charge in [-0.25, -0.2) is 14.8 Å². The zero-order valence-electron chi connectivity index (χ0n) is 18.9. The number of carboxylic acid groups (broad SMARTS) is 1. The van der Waals surface area contributed by atoms with Crippen molar-refractivity contribution < 1.29 is 19.4 Å². The van der Waals surface area contributed by atoms with Crippen LogP contribution in [0.25, 0.3) is 33.5 Å². The second kappa shape index (κ2) is 8.36. The van der Waals surface area contributed by atoms with Crippen molar-refractivity contribution in [3.63, 3.8) is 0 Å². The quantitative estimate of drug-likeness (QED) is 0.317. The number of hydrogen-bond donors (Lipinski definition) is 1. The monoisotopic (exact) mass is 453 g/mol. The molecule has 0 aliphatic carbocycles. The second-order valence-corrected chi connectivity index (χ2v) is 14.6. The number of nitrogens with zero attached hydrogens (tertiary/aromatic N) is 5. The van der Waals surface area contributed by atoms with Gasteiger partial charge in [0.1, 0.15) is 34.9 Å². The van der Waals surface area contributed by atoms with Gasteiger partial charge < -0.3 is 19.1 Å². The third-order valence-electron chi connectivity index (χ3n) is 5.32. The van der Waals surface area contributed by atoms with Crippen molar-refractivity contribution >= 4 is 36.1 Å². The van der Waals surface area contributed by atoms with Crippen LogP contribution in [0.3, 0.4) is 0 Å². The molecule has 1 N–H and O–H groups in total. The van der Waals surface area contributed by atoms with E-state index in [1.165, 1.54) is 6.20 Å². The molecule has 0 aliphatic heterocycles. The van der Waals surface area contributed by atoms with Crippen LogP contribution in [-0.4, -0.2) is 57.2 Å². The van der Waals surface area contributed by atoms with Gasteiger partial charge >= 0.3 is 5.97 Å². The Morgan fingerprint density at radius 3 is 2.72 bits per heavy atom. The molecule has 0 bridgehead atoms. The number of hydrogen-bond acceptors (Lipinski definition) is 6. The molecule has 3 aromatic heterocycles. The molecule has 0 spiro atoms. The van der Waals surface area contributed by atoms with E-state index in [9.17, 15) is 9.90 Å². The Morgan fingerprint density at radius 1 is 1.25 bits per heavy atom. The number of methoxy groups -OCH3 is 1. The van der Waals surface area contributed by atoms with E-state index in [-0.39, 0.29) is 12.3 Å². The lowest BCUT2D eigenvalue weighted by atomic mass is 10.1. The first kappa shape index (κ1) is 22.0. The number of rotatable bonds is 8. The summed E-state index contributed by atoms with van der Waals surface area (Å²) >= 11 is 0. The Kier molecular flexibility index (Phi) is 5.74. The minimum atomic E-state index is -1.21. The summed E-state index contributed by atoms with van der Waals surface area (Å²) in [7, 11) is 2.25. The smallest absolute Gasteiger partial charge is 0.339 e. The number of aromatic nitrogens is 5. The third kappa shape index (κ3) is 4.23. The molecule has 0 amide bonds. The zero-order chi connectivity index (χ0) is 23.0. The van der Waals surface area contributed by atoms with Gasteiger partial charge in [-0.05, 0) is 24.2 Å². The molecule has 168 valence electrons. The highest BCUT2D eigenvalue weighted by atomic mass is 28.3. The fourth-order valence-corrected chi connectivity index (χ4v) is 4.28. The minimum absolute atomic E-state index is 0.0842. The molecule has 0 radical (unpaired) electrons. The van der Waals surface area contributed by atoms with Gasteiger partial charge in [-0.3, -0.25) is 4.68 Å². The summed E-state index contributed by atoms with van der Waals surface area (Å²) in [5, 5.41) is 15.2. The van der Waals surface area contributed by atoms with E-state index in [1.807, 2.05) is 25.2 Å². The molecule has 0 unspecified atom stereocenters. The average Bonchev–Trinajstić information content (AvgIpc) is 3.27. The summed E-state index contributed by atoms with van der Waals surface area (Å²) in [5.41, 5.74) is 2.89. The lowest BCUT2D eigenvalue weighted by Crippen LogP contribution is -2.22. The molecule has 4 aromatic rings. The van der Waals surface area contributed by atoms with Gasteiger partial charge in [0.25, 0.3) is 0 Å². The number of aryl methyl sites for hydroxylation is 1. The van der Waals surface area contributed by atoms with E-state index >= 15 is 0 Å². The largest absolute Gasteiger partial charge is 0.497 e. The number of aromatic carboxylic acids is 1. The molecule has 0 fully saturated rings. The Hall–Kier alpha value is -3.24. The predicted octanol–water partition coefficient (Wildman–Crippen LogP) is 4.00. The van der Waals surface area contributed by atoms with Crippen LogP contribution in [0, 0.1) is 0 Å². The summed E-state index contributed by atoms with van der Waals surface area (Å²) < 4.78 is 14.6. The highest BCUT2D eigenvalue weighted by Crippen LogP contribution is 2.30. The van der Waals surface area contributed by atoms with E-state index in [0.717, 1.165) is 16.9 Å². The lowest BCUT2D eigenvalue weighted by molar-refractivity contribution is 0.0696. The number of fused-ring (bicyclic) bond motifs is 2. The highest BCUT2D eigenvalue weighted by molar-refractivity contribution is 6.76. The van der Waals surface area contributed by atoms with Gasteiger partial charge in [-0.2, -0.15) is 5.10 Å². The number of benzene rings is 1. The van der Waals surface area contributed by atoms with Crippen molar-refractivity contribution in [1.29, 1.82) is 0 Å². The molecular weight excluding hydrogens is 426 g/mol. The van der Waals surface area contributed by atoms with E-state index < -0.39 is 14.0 Å². The van der Waals surface area contributed by atoms with Crippen LogP contribution in [0.2, 0.25) is 25.7 Å². The Morgan fingerprint density at radius 2 is 2.03 bits per heavy atom. The molecule has 9 nitrogen and oxygen atoms in total. The Bertz CT molecular complexity index is 1310. The van der Waals surface area contributed by atoms with Crippen LogP contribution in [0.1, 0.15) is 10.4 Å². The second-order valence-electron chi connectivity index (χ2n) is 8.95. The van der Waals surface area contributed by atoms with Gasteiger partial charge in [-0.1, -0.05) is 19.6 Å². The molecule has 3 heterocycles. The molecule has 0 saturated heterocycles. The molecular formula is C22H27N5O4Si. The maximum absolute atomic E-state index is 11.9. The number of carbonyl (C=O) groups is 1. The molecule has 4 rings (SSSR count). The molecule has 32 heavy (non-hydrogen) atoms. The molecule has 0 saturated carbocycles. The van der Waals surface area contributed by atoms with Crippen LogP contribution >= 0.6 is 0 Å². The summed E-state index contributed by atoms with van der Waals surface area (Å²) in [6, 6.07) is 6.71. The molecule has 0 aliphatic rings. The standard InChI is InChI=1S/C22H27N5O4Si/c1-26-18-7-6-14(30-2)10-15(18)19(25-26)17-11-23-21-20(24-17)16(22(28)29)12-27(21)13-31-8-9-32(3,4)5/h6-7,10-12H,8-9,13H2,1-5H3,(H,28,29). The number of ether oxygens (including phenoxy) is 2. The van der Waals surface area contributed by atoms with Gasteiger partial charge in [0, 0.05) is 33.3 Å². The summed E-state index contributed by atoms with van der Waals surface area (Å²) in [4.78, 5) is 21.1. The normalized spacial score (nSPS) is 12.0. The van der Waals surface area contributed by atoms with E-state index in [4.69, 9.17) is 9.47 Å². The predicted molar refractivity (Wildman–Crippen MR) is 125 cm³/mol. The van der Waals surface area contributed by atoms with Gasteiger partial charge in [0.05, 0.1) is 18.8 Å². The first-order valence-electron chi connectivity index (χ1n) is 10.4. The van der Waals surface area contributed by atoms with E-state index in [0.29, 0.717) is 34.9 Å². The maximum atomic E-state index is 11.9. The summed E-state index contributed by atoms with van der Waals surface area (Å²) in [6.07, 6.45) is 3.15. The third-order valence-corrected chi connectivity index (χ3v) is 7.03. The zero-order valence-corrected chi connectivity index (χ0v) is 19.9. The maximum Gasteiger partial charge on any atom is 0.339 e. The van der Waals surface area contributed by atoms with Gasteiger partial charge in [0.15, 0.2) is 5.65 Å². The van der Waals surface area contributed by atoms with Crippen LogP contribution in [0.5, 0.6) is 5.75 Å². The van der Waals surface area contributed by atoms with Crippen molar-refractivity contribution in [3.8, 4) is 17.1 Å². The Labute approximate surface area is 186 Å². The van der Waals surface area contributed by atoms with Crippen LogP contribution in [-0.2, 0) is 18.5 Å². The fourth-order valence-electron chi connectivity index (χ4n) is 3.52. The van der Waals surface area contributed by atoms with Crippen LogP contribution in [0.15, 0.2) is 30.6 Å². The van der Waals surface area contributed by atoms with Crippen molar-refractivity contribution in [2.24, 2.45) is 7.05 Å². The minimum Gasteiger partial charge on any atom is -0.497 e. The first-order valence-corrected chi connectivity index (χ1v) is 14.1. The highest BCUT2D eigenvalue weighted by Gasteiger charge is 2.20. The topological polar surface area (TPSA) is 104 Å². The van der Waals surface area contributed by atoms with E-state index in [1.54, 1.807) is 22.6 Å². The molecule has 1 aromatic carbocycles. The summed E-state index contributed by atoms with van der Waals surface area (Å²) in [5.74, 6) is -0.358. The van der Waals surface area contributed by atoms with Crippen molar-refractivity contribution in [1.82, 2.24) is 24.3 Å². The number of carboxylic acids is 1. The average molecular weight is 454 g/mol. The van der Waals surface area contributed by atoms with Crippen molar-refractivity contribution in [3.05, 3.63) is 36.2 Å². The van der Waals surface area contributed by atoms with E-state index in [2.05, 4.69) is 34.7 Å². The van der Waals surface area contributed by atoms with Gasteiger partial charge in [-0.15, -0.1) is 0 Å². The van der Waals surface area contributed by atoms with Crippen LogP contribution < -0.4 is 4.74 Å². The first-order chi connectivity index (χ1) is 15.2. The Balaban J connectivity index is 1.74. The van der Waals surface area contributed by atoms with Crippen LogP contribution in [0.4, 0.5) is 0 Å². The fraction of sp³-hybridized carbons (Fsp3) is 0.364. The van der Waals surface area contributed by atoms with Crippen molar-refractivity contribution in [2.75, 3.05) is 13.7 Å². The van der Waals surface area contributed by atoms with Gasteiger partial charge in [0.2, 0.25) is 0 Å². The lowest BCUT2D eigenvalue weighted by Gasteiger charge is -2.15. The molecule has 10 heteroatoms. The SMILES string of the molecule is COc1ccc2c(c1)c(-c1cnc3c(n1)c(C(=O)O)cn3COCC[Si](C)(C)C)nn2C. The summed E-state index contributed by atoms with van der Waals surface area (Å²) in [6.45, 7) is 7.71.